The van der Waals surface area contributed by atoms with Gasteiger partial charge in [0.25, 0.3) is 5.06 Å². The monoisotopic (exact) mass is 288 g/mol. The lowest BCUT2D eigenvalue weighted by Crippen LogP contribution is -2.30. The number of hydrogen-bond donors (Lipinski definition) is 0. The third-order valence-electron chi connectivity index (χ3n) is 4.49. The minimum Gasteiger partial charge on any atom is -0.466 e. The highest BCUT2D eigenvalue weighted by molar-refractivity contribution is 6.35. The van der Waals surface area contributed by atoms with E-state index in [9.17, 15) is 4.79 Å². The van der Waals surface area contributed by atoms with Crippen LogP contribution in [0.1, 0.15) is 70.6 Å². The van der Waals surface area contributed by atoms with Crippen LogP contribution in [0.15, 0.2) is 0 Å². The van der Waals surface area contributed by atoms with E-state index in [4.69, 9.17) is 21.1 Å². The molecule has 2 fully saturated rings. The fourth-order valence-electron chi connectivity index (χ4n) is 3.21. The van der Waals surface area contributed by atoms with Crippen LogP contribution in [0.2, 0.25) is 0 Å². The number of esters is 1. The van der Waals surface area contributed by atoms with E-state index in [0.717, 1.165) is 25.7 Å². The Bertz CT molecular complexity index is 307. The minimum atomic E-state index is -1.20. The lowest BCUT2D eigenvalue weighted by Gasteiger charge is -2.15. The molecule has 2 aliphatic rings. The van der Waals surface area contributed by atoms with Gasteiger partial charge in [0.1, 0.15) is 5.60 Å². The van der Waals surface area contributed by atoms with Gasteiger partial charge in [0, 0.05) is 0 Å². The van der Waals surface area contributed by atoms with E-state index in [2.05, 4.69) is 0 Å². The Labute approximate surface area is 121 Å². The molecule has 0 radical (unpaired) electrons. The lowest BCUT2D eigenvalue weighted by atomic mass is 9.89. The van der Waals surface area contributed by atoms with Crippen LogP contribution in [0, 0.1) is 0 Å². The van der Waals surface area contributed by atoms with Crippen molar-refractivity contribution in [1.82, 2.24) is 0 Å². The van der Waals surface area contributed by atoms with E-state index in [1.807, 2.05) is 0 Å². The predicted molar refractivity (Wildman–Crippen MR) is 75.2 cm³/mol. The number of epoxide rings is 1. The number of carbonyl (C=O) groups is 1. The summed E-state index contributed by atoms with van der Waals surface area (Å²) in [6.45, 7) is 0. The van der Waals surface area contributed by atoms with E-state index >= 15 is 0 Å². The number of halogens is 1. The second-order valence-electron chi connectivity index (χ2n) is 5.87. The number of ether oxygens (including phenoxy) is 2. The first-order valence-electron chi connectivity index (χ1n) is 7.62. The van der Waals surface area contributed by atoms with E-state index in [-0.39, 0.29) is 0 Å². The maximum Gasteiger partial charge on any atom is 0.357 e. The first kappa shape index (κ1) is 15.1. The first-order valence-corrected chi connectivity index (χ1v) is 8.00. The quantitative estimate of drug-likeness (QED) is 0.413. The molecule has 1 atom stereocenters. The molecule has 1 unspecified atom stereocenters. The van der Waals surface area contributed by atoms with Gasteiger partial charge in [0.05, 0.1) is 7.11 Å². The van der Waals surface area contributed by atoms with Gasteiger partial charge < -0.3 is 9.47 Å². The topological polar surface area (TPSA) is 38.8 Å². The predicted octanol–water partition coefficient (Wildman–Crippen LogP) is 4.17. The average molecular weight is 289 g/mol. The second kappa shape index (κ2) is 6.45. The molecule has 3 nitrogen and oxygen atoms in total. The Hall–Kier alpha value is -0.280. The molecule has 0 bridgehead atoms. The largest absolute Gasteiger partial charge is 0.466 e. The molecule has 0 aromatic rings. The molecule has 19 heavy (non-hydrogen) atoms. The summed E-state index contributed by atoms with van der Waals surface area (Å²) in [5, 5.41) is -1.20. The molecular weight excluding hydrogens is 264 g/mol. The number of rotatable bonds is 1. The molecular formula is C15H25ClO3. The van der Waals surface area contributed by atoms with Gasteiger partial charge in [-0.25, -0.2) is 4.79 Å². The van der Waals surface area contributed by atoms with Gasteiger partial charge in [-0.3, -0.25) is 0 Å². The zero-order valence-electron chi connectivity index (χ0n) is 11.9. The molecule has 0 N–H and O–H groups in total. The SMILES string of the molecule is COC(=O)C1(Cl)OC12CCCCCCCCCCC2. The van der Waals surface area contributed by atoms with Crippen LogP contribution in [0.3, 0.4) is 0 Å². The Morgan fingerprint density at radius 1 is 0.947 bits per heavy atom. The normalized spacial score (nSPS) is 32.1. The highest BCUT2D eigenvalue weighted by Gasteiger charge is 2.74. The number of hydrogen-bond acceptors (Lipinski definition) is 3. The fourth-order valence-corrected chi connectivity index (χ4v) is 3.62. The molecule has 1 aliphatic heterocycles. The third kappa shape index (κ3) is 3.25. The molecule has 0 aromatic carbocycles. The Balaban J connectivity index is 1.95. The molecule has 2 rings (SSSR count). The van der Waals surface area contributed by atoms with Gasteiger partial charge in [-0.05, 0) is 12.8 Å². The standard InChI is InChI=1S/C15H25ClO3/c1-18-13(17)15(16)14(19-15)11-9-7-5-3-2-4-6-8-10-12-14/h2-12H2,1H3. The molecule has 0 aromatic heterocycles. The molecule has 0 amide bonds. The number of carbonyl (C=O) groups excluding carboxylic acids is 1. The van der Waals surface area contributed by atoms with E-state index in [1.165, 1.54) is 52.1 Å². The van der Waals surface area contributed by atoms with Crippen LogP contribution in [0.5, 0.6) is 0 Å². The highest BCUT2D eigenvalue weighted by atomic mass is 35.5. The van der Waals surface area contributed by atoms with E-state index in [0.29, 0.717) is 0 Å². The van der Waals surface area contributed by atoms with Crippen molar-refractivity contribution in [2.24, 2.45) is 0 Å². The van der Waals surface area contributed by atoms with Crippen molar-refractivity contribution >= 4 is 17.6 Å². The van der Waals surface area contributed by atoms with E-state index in [1.54, 1.807) is 0 Å². The zero-order valence-corrected chi connectivity index (χ0v) is 12.6. The van der Waals surface area contributed by atoms with Gasteiger partial charge >= 0.3 is 5.97 Å². The van der Waals surface area contributed by atoms with Gasteiger partial charge in [-0.15, -0.1) is 0 Å². The molecule has 110 valence electrons. The maximum atomic E-state index is 11.8. The fraction of sp³-hybridized carbons (Fsp3) is 0.933. The van der Waals surface area contributed by atoms with Crippen LogP contribution < -0.4 is 0 Å². The summed E-state index contributed by atoms with van der Waals surface area (Å²) in [6, 6.07) is 0. The van der Waals surface area contributed by atoms with Gasteiger partial charge in [0.15, 0.2) is 0 Å². The van der Waals surface area contributed by atoms with Gasteiger partial charge in [-0.2, -0.15) is 0 Å². The summed E-state index contributed by atoms with van der Waals surface area (Å²) >= 11 is 6.33. The van der Waals surface area contributed by atoms with E-state index < -0.39 is 16.6 Å². The summed E-state index contributed by atoms with van der Waals surface area (Å²) < 4.78 is 10.5. The Morgan fingerprint density at radius 3 is 1.79 bits per heavy atom. The molecule has 1 spiro atoms. The van der Waals surface area contributed by atoms with Crippen molar-refractivity contribution in [1.29, 1.82) is 0 Å². The summed E-state index contributed by atoms with van der Waals surface area (Å²) in [5.41, 5.74) is -0.457. The van der Waals surface area contributed by atoms with Crippen molar-refractivity contribution in [2.75, 3.05) is 7.11 Å². The summed E-state index contributed by atoms with van der Waals surface area (Å²) in [4.78, 5) is 11.8. The number of alkyl halides is 1. The van der Waals surface area contributed by atoms with Gasteiger partial charge in [-0.1, -0.05) is 69.4 Å². The van der Waals surface area contributed by atoms with Crippen molar-refractivity contribution in [3.8, 4) is 0 Å². The smallest absolute Gasteiger partial charge is 0.357 e. The minimum absolute atomic E-state index is 0.429. The third-order valence-corrected chi connectivity index (χ3v) is 5.07. The van der Waals surface area contributed by atoms with Crippen LogP contribution in [0.25, 0.3) is 0 Å². The van der Waals surface area contributed by atoms with Crippen molar-refractivity contribution in [3.63, 3.8) is 0 Å². The molecule has 1 aliphatic carbocycles. The van der Waals surface area contributed by atoms with Crippen LogP contribution in [-0.2, 0) is 14.3 Å². The molecule has 4 heteroatoms. The number of methoxy groups -OCH3 is 1. The first-order chi connectivity index (χ1) is 9.15. The highest BCUT2D eigenvalue weighted by Crippen LogP contribution is 2.58. The molecule has 1 saturated heterocycles. The van der Waals surface area contributed by atoms with Crippen molar-refractivity contribution < 1.29 is 14.3 Å². The summed E-state index contributed by atoms with van der Waals surface area (Å²) in [6.07, 6.45) is 12.9. The van der Waals surface area contributed by atoms with Crippen LogP contribution in [-0.4, -0.2) is 23.7 Å². The van der Waals surface area contributed by atoms with Crippen LogP contribution in [0.4, 0.5) is 0 Å². The van der Waals surface area contributed by atoms with Gasteiger partial charge in [0.2, 0.25) is 0 Å². The second-order valence-corrected chi connectivity index (χ2v) is 6.40. The van der Waals surface area contributed by atoms with Crippen molar-refractivity contribution in [3.05, 3.63) is 0 Å². The molecule has 1 saturated carbocycles. The molecule has 1 heterocycles. The zero-order chi connectivity index (χ0) is 13.8. The average Bonchev–Trinajstić information content (AvgIpc) is 3.00. The lowest BCUT2D eigenvalue weighted by molar-refractivity contribution is -0.143. The maximum absolute atomic E-state index is 11.8. The Morgan fingerprint density at radius 2 is 1.37 bits per heavy atom. The van der Waals surface area contributed by atoms with Crippen LogP contribution >= 0.6 is 11.6 Å². The Kier molecular flexibility index (Phi) is 5.13. The summed E-state index contributed by atoms with van der Waals surface area (Å²) in [7, 11) is 1.37. The van der Waals surface area contributed by atoms with Crippen molar-refractivity contribution in [2.45, 2.75) is 81.3 Å². The summed E-state index contributed by atoms with van der Waals surface area (Å²) in [5.74, 6) is -0.429.